The lowest BCUT2D eigenvalue weighted by Crippen LogP contribution is -2.23. The standard InChI is InChI=1S/C19H34O4.C18H32O2.C12H24O2.C12H24.2C7H8.2C6H6.2C5H8O2.C3H4O2.4C2H6/c1-5-19(20)23-14-16-7-6-8-17(21-3)11-9-15(2)10-12-18(13-16)22-4;1-5-18(19)20-13-17-8-6-7-14(2)11-15(3)9-10-16(4)12-17;1-10-8-11(13-2)6-4-5-7-12(9-10)14-3;1-10-6-4-5-7-11(2)9-12(3)8-10;2*1-7-5-3-2-4-6-7;2*1-2-4-6-5-3-1;2*1-3-5(6)7-4-2;1-2-3(4)5;4*1-2/h5,15-18H,1,6-14H2,2-4H3;5,14-17H,1,6-13H2,2-4H3;10-12H,4-9H2,1-3H3;10-12H,4-9H2,1-3H3;2*2-6H,1H3;2*1-6H;2*3H,1,4H2,2H3;2H,1H2,(H,4,5);4*1-2H3. The molecule has 0 saturated heterocycles. The minimum Gasteiger partial charge on any atom is -0.478 e. The van der Waals surface area contributed by atoms with Crippen molar-refractivity contribution in [3.05, 3.63) is 208 Å². The summed E-state index contributed by atoms with van der Waals surface area (Å²) in [5.74, 6) is 5.30. The number of methoxy groups -OCH3 is 4. The van der Waals surface area contributed by atoms with Gasteiger partial charge in [-0.25, -0.2) is 24.0 Å². The predicted molar refractivity (Wildman–Crippen MR) is 523 cm³/mol. The quantitative estimate of drug-likeness (QED) is 0.0675. The number of aryl methyl sites for hydroxylation is 2. The molecule has 14 nitrogen and oxygen atoms in total. The Labute approximate surface area is 750 Å². The van der Waals surface area contributed by atoms with Gasteiger partial charge in [-0.1, -0.05) is 359 Å². The summed E-state index contributed by atoms with van der Waals surface area (Å²) in [7, 11) is 7.27. The molecule has 4 aromatic rings. The smallest absolute Gasteiger partial charge is 0.330 e. The largest absolute Gasteiger partial charge is 0.478 e. The van der Waals surface area contributed by atoms with E-state index in [9.17, 15) is 24.0 Å². The molecule has 122 heavy (non-hydrogen) atoms. The molecule has 14 heteroatoms. The molecule has 0 heterocycles. The number of ether oxygens (including phenoxy) is 8. The van der Waals surface area contributed by atoms with Gasteiger partial charge in [-0.15, -0.1) is 0 Å². The van der Waals surface area contributed by atoms with Crippen molar-refractivity contribution in [3.63, 3.8) is 0 Å². The summed E-state index contributed by atoms with van der Waals surface area (Å²) in [6.45, 7) is 60.8. The molecule has 0 aliphatic heterocycles. The summed E-state index contributed by atoms with van der Waals surface area (Å²) >= 11 is 0. The fraction of sp³-hybridized carbons (Fsp3) is 0.639. The number of carbonyl (C=O) groups is 5. The second-order valence-corrected chi connectivity index (χ2v) is 31.6. The van der Waals surface area contributed by atoms with Gasteiger partial charge in [0.2, 0.25) is 0 Å². The van der Waals surface area contributed by atoms with E-state index in [0.717, 1.165) is 98.2 Å². The van der Waals surface area contributed by atoms with Crippen molar-refractivity contribution in [2.45, 2.75) is 336 Å². The average Bonchev–Trinajstić information content (AvgIpc) is 1.32. The molecule has 0 spiro atoms. The summed E-state index contributed by atoms with van der Waals surface area (Å²) in [4.78, 5) is 51.9. The van der Waals surface area contributed by atoms with Gasteiger partial charge in [0.15, 0.2) is 0 Å². The minimum absolute atomic E-state index is 0.252. The van der Waals surface area contributed by atoms with Gasteiger partial charge in [-0.2, -0.15) is 0 Å². The molecular weight excluding hydrogens is 1520 g/mol. The van der Waals surface area contributed by atoms with E-state index in [1.807, 2.05) is 186 Å². The Morgan fingerprint density at radius 1 is 0.295 bits per heavy atom. The van der Waals surface area contributed by atoms with E-state index in [1.165, 1.54) is 158 Å². The van der Waals surface area contributed by atoms with Gasteiger partial charge < -0.3 is 43.0 Å². The van der Waals surface area contributed by atoms with E-state index in [4.69, 9.17) is 33.5 Å². The second-order valence-electron chi connectivity index (χ2n) is 31.6. The highest BCUT2D eigenvalue weighted by molar-refractivity contribution is 5.82. The monoisotopic (exact) mass is 1710 g/mol. The van der Waals surface area contributed by atoms with Crippen LogP contribution in [0.1, 0.15) is 309 Å². The predicted octanol–water partition coefficient (Wildman–Crippen LogP) is 29.6. The van der Waals surface area contributed by atoms with E-state index in [2.05, 4.69) is 136 Å². The summed E-state index contributed by atoms with van der Waals surface area (Å²) in [5, 5.41) is 7.60. The number of carbonyl (C=O) groups excluding carboxylic acids is 4. The van der Waals surface area contributed by atoms with Crippen molar-refractivity contribution >= 4 is 29.8 Å². The third kappa shape index (κ3) is 92.0. The highest BCUT2D eigenvalue weighted by Crippen LogP contribution is 2.32. The van der Waals surface area contributed by atoms with Gasteiger partial charge >= 0.3 is 29.8 Å². The molecule has 4 fully saturated rings. The molecule has 8 rings (SSSR count). The van der Waals surface area contributed by atoms with Crippen LogP contribution in [0.4, 0.5) is 0 Å². The first-order chi connectivity index (χ1) is 58.7. The van der Waals surface area contributed by atoms with E-state index in [-0.39, 0.29) is 30.0 Å². The number of hydrogen-bond donors (Lipinski definition) is 1. The van der Waals surface area contributed by atoms with Crippen LogP contribution < -0.4 is 0 Å². The zero-order valence-electron chi connectivity index (χ0n) is 82.4. The number of aliphatic carboxylic acids is 1. The Hall–Kier alpha value is -7.23. The van der Waals surface area contributed by atoms with E-state index < -0.39 is 5.97 Å². The molecule has 4 aliphatic carbocycles. The fourth-order valence-electron chi connectivity index (χ4n) is 14.1. The lowest BCUT2D eigenvalue weighted by atomic mass is 9.88. The Morgan fingerprint density at radius 2 is 0.533 bits per heavy atom. The van der Waals surface area contributed by atoms with Gasteiger partial charge in [0.1, 0.15) is 0 Å². The average molecular weight is 1710 g/mol. The first kappa shape index (κ1) is 128. The summed E-state index contributed by atoms with van der Waals surface area (Å²) in [6, 6.07) is 44.5. The number of benzene rings is 4. The van der Waals surface area contributed by atoms with Gasteiger partial charge in [-0.3, -0.25) is 0 Å². The van der Waals surface area contributed by atoms with Gasteiger partial charge in [-0.05, 0) is 190 Å². The second kappa shape index (κ2) is 97.6. The Bertz CT molecular complexity index is 2710. The van der Waals surface area contributed by atoms with Crippen LogP contribution in [-0.2, 0) is 61.9 Å². The molecule has 0 amide bonds. The summed E-state index contributed by atoms with van der Waals surface area (Å²) in [5.41, 5.74) is 2.64. The van der Waals surface area contributed by atoms with Gasteiger partial charge in [0.25, 0.3) is 0 Å². The fourth-order valence-corrected chi connectivity index (χ4v) is 14.1. The number of esters is 4. The molecule has 4 saturated carbocycles. The third-order valence-electron chi connectivity index (χ3n) is 20.5. The lowest BCUT2D eigenvalue weighted by Gasteiger charge is -2.26. The maximum atomic E-state index is 11.3. The van der Waals surface area contributed by atoms with Crippen molar-refractivity contribution in [1.29, 1.82) is 0 Å². The number of carboxylic acid groups (broad SMARTS) is 1. The topological polar surface area (TPSA) is 179 Å². The van der Waals surface area contributed by atoms with Crippen molar-refractivity contribution < 1.29 is 67.0 Å². The number of rotatable bonds is 15. The molecule has 0 bridgehead atoms. The Balaban J connectivity index is -0.000000245. The lowest BCUT2D eigenvalue weighted by molar-refractivity contribution is -0.140. The Kier molecular flexibility index (Phi) is 102. The van der Waals surface area contributed by atoms with Crippen LogP contribution in [0.5, 0.6) is 0 Å². The molecule has 12 unspecified atom stereocenters. The third-order valence-corrected chi connectivity index (χ3v) is 20.5. The minimum atomic E-state index is -0.981. The van der Waals surface area contributed by atoms with Crippen LogP contribution in [0.15, 0.2) is 197 Å². The molecule has 0 radical (unpaired) electrons. The molecule has 4 aliphatic rings. The van der Waals surface area contributed by atoms with Gasteiger partial charge in [0, 0.05) is 58.8 Å². The summed E-state index contributed by atoms with van der Waals surface area (Å²) in [6.07, 6.45) is 41.1. The first-order valence-electron chi connectivity index (χ1n) is 46.9. The molecule has 702 valence electrons. The first-order valence-corrected chi connectivity index (χ1v) is 46.9. The van der Waals surface area contributed by atoms with Crippen molar-refractivity contribution in [1.82, 2.24) is 0 Å². The summed E-state index contributed by atoms with van der Waals surface area (Å²) < 4.78 is 41.7. The van der Waals surface area contributed by atoms with E-state index in [0.29, 0.717) is 62.5 Å². The normalized spacial score (nSPS) is 22.3. The van der Waals surface area contributed by atoms with Gasteiger partial charge in [0.05, 0.1) is 50.8 Å². The zero-order valence-corrected chi connectivity index (χ0v) is 82.4. The van der Waals surface area contributed by atoms with E-state index in [1.54, 1.807) is 21.0 Å². The maximum absolute atomic E-state index is 11.3. The van der Waals surface area contributed by atoms with Crippen molar-refractivity contribution in [2.24, 2.45) is 59.2 Å². The molecular formula is C108H186O14. The molecule has 12 atom stereocenters. The van der Waals surface area contributed by atoms with Crippen molar-refractivity contribution in [3.8, 4) is 0 Å². The number of carboxylic acids is 1. The van der Waals surface area contributed by atoms with Crippen LogP contribution in [-0.4, -0.2) is 114 Å². The van der Waals surface area contributed by atoms with Crippen LogP contribution in [0, 0.1) is 73.0 Å². The molecule has 0 aromatic heterocycles. The maximum Gasteiger partial charge on any atom is 0.330 e. The zero-order chi connectivity index (χ0) is 93.8. The van der Waals surface area contributed by atoms with E-state index >= 15 is 0 Å². The molecule has 1 N–H and O–H groups in total. The highest BCUT2D eigenvalue weighted by atomic mass is 16.5. The van der Waals surface area contributed by atoms with Crippen LogP contribution in [0.2, 0.25) is 0 Å². The SMILES string of the molecule is C=CC(=O)O.C=CC(=O)OCC.C=CC(=O)OCC.C=CC(=O)OCC1CCCC(C)CC(C)CCC(C)C1.C=CC(=O)OCC1CCCC(OC)CCC(C)CCC(OC)C1.CC.CC.CC.CC.CC1CCCCC(C)CC(C)C1.COC1CCCCC(OC)CC(C)C1.Cc1ccccc1.Cc1ccccc1.c1ccccc1.c1ccccc1. The van der Waals surface area contributed by atoms with Crippen LogP contribution in [0.3, 0.4) is 0 Å². The van der Waals surface area contributed by atoms with Crippen molar-refractivity contribution in [2.75, 3.05) is 54.9 Å². The number of hydrogen-bond acceptors (Lipinski definition) is 13. The highest BCUT2D eigenvalue weighted by Gasteiger charge is 2.24. The van der Waals surface area contributed by atoms with Crippen LogP contribution in [0.25, 0.3) is 0 Å². The molecule has 4 aromatic carbocycles. The van der Waals surface area contributed by atoms with Crippen LogP contribution >= 0.6 is 0 Å². The Morgan fingerprint density at radius 3 is 0.828 bits per heavy atom.